The van der Waals surface area contributed by atoms with Gasteiger partial charge in [0.15, 0.2) is 6.61 Å². The molecule has 0 bridgehead atoms. The van der Waals surface area contributed by atoms with Gasteiger partial charge in [-0.25, -0.2) is 14.4 Å². The Hall–Kier alpha value is -3.03. The summed E-state index contributed by atoms with van der Waals surface area (Å²) < 4.78 is 18.4. The van der Waals surface area contributed by atoms with Gasteiger partial charge in [-0.15, -0.1) is 0 Å². The van der Waals surface area contributed by atoms with Gasteiger partial charge in [0.25, 0.3) is 5.91 Å². The van der Waals surface area contributed by atoms with Crippen molar-refractivity contribution in [3.8, 4) is 5.75 Å². The predicted molar refractivity (Wildman–Crippen MR) is 103 cm³/mol. The van der Waals surface area contributed by atoms with E-state index < -0.39 is 0 Å². The molecular weight excluding hydrogens is 375 g/mol. The van der Waals surface area contributed by atoms with E-state index in [1.165, 1.54) is 24.3 Å². The summed E-state index contributed by atoms with van der Waals surface area (Å²) in [6.45, 7) is 3.92. The number of aromatic nitrogens is 2. The van der Waals surface area contributed by atoms with Crippen LogP contribution < -0.4 is 4.74 Å². The number of hydrogen-bond acceptors (Lipinski definition) is 5. The minimum atomic E-state index is -0.345. The Labute approximate surface area is 168 Å². The molecule has 1 saturated heterocycles. The summed E-state index contributed by atoms with van der Waals surface area (Å²) in [7, 11) is 0. The molecule has 152 valence electrons. The van der Waals surface area contributed by atoms with Gasteiger partial charge in [-0.2, -0.15) is 0 Å². The van der Waals surface area contributed by atoms with E-state index in [-0.39, 0.29) is 30.2 Å². The van der Waals surface area contributed by atoms with Crippen LogP contribution in [0.2, 0.25) is 0 Å². The summed E-state index contributed by atoms with van der Waals surface area (Å²) in [6, 6.07) is 5.59. The van der Waals surface area contributed by atoms with Crippen molar-refractivity contribution in [2.24, 2.45) is 0 Å². The Kier molecular flexibility index (Phi) is 5.42. The molecule has 8 heteroatoms. The lowest BCUT2D eigenvalue weighted by Crippen LogP contribution is -2.39. The third-order valence-corrected chi connectivity index (χ3v) is 5.48. The van der Waals surface area contributed by atoms with Gasteiger partial charge in [-0.1, -0.05) is 0 Å². The molecule has 2 amide bonds. The fraction of sp³-hybridized carbons (Fsp3) is 0.429. The first kappa shape index (κ1) is 19.3. The minimum Gasteiger partial charge on any atom is -0.484 e. The highest BCUT2D eigenvalue weighted by atomic mass is 19.1. The van der Waals surface area contributed by atoms with Crippen LogP contribution in [0.4, 0.5) is 4.39 Å². The van der Waals surface area contributed by atoms with Gasteiger partial charge in [0.2, 0.25) is 5.91 Å². The van der Waals surface area contributed by atoms with Crippen LogP contribution in [0.15, 0.2) is 30.5 Å². The van der Waals surface area contributed by atoms with E-state index in [4.69, 9.17) is 9.72 Å². The van der Waals surface area contributed by atoms with E-state index in [1.807, 2.05) is 4.90 Å². The van der Waals surface area contributed by atoms with Crippen LogP contribution in [-0.4, -0.2) is 57.8 Å². The molecule has 7 nitrogen and oxygen atoms in total. The second-order valence-corrected chi connectivity index (χ2v) is 7.46. The van der Waals surface area contributed by atoms with Crippen molar-refractivity contribution in [1.29, 1.82) is 0 Å². The minimum absolute atomic E-state index is 0.0856. The monoisotopic (exact) mass is 398 g/mol. The van der Waals surface area contributed by atoms with Crippen molar-refractivity contribution in [1.82, 2.24) is 19.8 Å². The highest BCUT2D eigenvalue weighted by Crippen LogP contribution is 2.26. The molecule has 1 unspecified atom stereocenters. The number of carbonyl (C=O) groups excluding carboxylic acids is 2. The first-order valence-corrected chi connectivity index (χ1v) is 9.76. The largest absolute Gasteiger partial charge is 0.484 e. The molecule has 0 aliphatic carbocycles. The SMILES string of the molecule is CC(=O)N1CCC(c2ncc3c(n2)CCN(C(=O)COc2ccc(F)cc2)C3)C1. The number of nitrogens with zero attached hydrogens (tertiary/aromatic N) is 4. The number of benzene rings is 1. The molecular formula is C21H23FN4O3. The number of halogens is 1. The number of carbonyl (C=O) groups is 2. The van der Waals surface area contributed by atoms with Crippen molar-refractivity contribution in [2.75, 3.05) is 26.2 Å². The van der Waals surface area contributed by atoms with Crippen LogP contribution in [0.3, 0.4) is 0 Å². The molecule has 1 atom stereocenters. The molecule has 1 aromatic carbocycles. The van der Waals surface area contributed by atoms with Gasteiger partial charge >= 0.3 is 0 Å². The zero-order valence-electron chi connectivity index (χ0n) is 16.3. The Balaban J connectivity index is 1.35. The second kappa shape index (κ2) is 8.14. The van der Waals surface area contributed by atoms with Crippen molar-refractivity contribution < 1.29 is 18.7 Å². The molecule has 2 aliphatic heterocycles. The third kappa shape index (κ3) is 4.36. The number of fused-ring (bicyclic) bond motifs is 1. The van der Waals surface area contributed by atoms with Crippen LogP contribution >= 0.6 is 0 Å². The quantitative estimate of drug-likeness (QED) is 0.787. The maximum Gasteiger partial charge on any atom is 0.260 e. The van der Waals surface area contributed by atoms with E-state index >= 15 is 0 Å². The van der Waals surface area contributed by atoms with Gasteiger partial charge in [-0.3, -0.25) is 9.59 Å². The highest BCUT2D eigenvalue weighted by molar-refractivity contribution is 5.78. The zero-order valence-corrected chi connectivity index (χ0v) is 16.3. The van der Waals surface area contributed by atoms with E-state index in [0.717, 1.165) is 30.0 Å². The molecule has 0 saturated carbocycles. The molecule has 0 N–H and O–H groups in total. The first-order chi connectivity index (χ1) is 14.0. The maximum atomic E-state index is 12.9. The van der Waals surface area contributed by atoms with Crippen LogP contribution in [0.1, 0.15) is 36.3 Å². The molecule has 2 aliphatic rings. The highest BCUT2D eigenvalue weighted by Gasteiger charge is 2.29. The number of amides is 2. The summed E-state index contributed by atoms with van der Waals surface area (Å²) in [5.41, 5.74) is 1.91. The van der Waals surface area contributed by atoms with E-state index in [2.05, 4.69) is 4.98 Å². The van der Waals surface area contributed by atoms with Crippen molar-refractivity contribution in [3.05, 3.63) is 53.4 Å². The number of rotatable bonds is 4. The standard InChI is InChI=1S/C21H23FN4O3/c1-14(27)25-8-6-15(11-25)21-23-10-16-12-26(9-7-19(16)24-21)20(28)13-29-18-4-2-17(22)3-5-18/h2-5,10,15H,6-9,11-13H2,1H3. The zero-order chi connectivity index (χ0) is 20.4. The molecule has 1 fully saturated rings. The van der Waals surface area contributed by atoms with Gasteiger partial charge in [0, 0.05) is 57.2 Å². The average Bonchev–Trinajstić information content (AvgIpc) is 3.23. The molecule has 2 aromatic rings. The lowest BCUT2D eigenvalue weighted by molar-refractivity contribution is -0.134. The van der Waals surface area contributed by atoms with E-state index in [1.54, 1.807) is 18.0 Å². The molecule has 1 aromatic heterocycles. The van der Waals surface area contributed by atoms with Crippen molar-refractivity contribution >= 4 is 11.8 Å². The molecule has 3 heterocycles. The first-order valence-electron chi connectivity index (χ1n) is 9.76. The summed E-state index contributed by atoms with van der Waals surface area (Å²) in [6.07, 6.45) is 3.34. The van der Waals surface area contributed by atoms with E-state index in [0.29, 0.717) is 31.8 Å². The smallest absolute Gasteiger partial charge is 0.260 e. The number of ether oxygens (including phenoxy) is 1. The summed E-state index contributed by atoms with van der Waals surface area (Å²) >= 11 is 0. The lowest BCUT2D eigenvalue weighted by Gasteiger charge is -2.28. The fourth-order valence-corrected chi connectivity index (χ4v) is 3.77. The van der Waals surface area contributed by atoms with Gasteiger partial charge in [0.05, 0.1) is 5.69 Å². The molecule has 0 spiro atoms. The van der Waals surface area contributed by atoms with Crippen LogP contribution in [0.25, 0.3) is 0 Å². The summed E-state index contributed by atoms with van der Waals surface area (Å²) in [5, 5.41) is 0. The molecule has 4 rings (SSSR count). The van der Waals surface area contributed by atoms with Crippen molar-refractivity contribution in [3.63, 3.8) is 0 Å². The Bertz CT molecular complexity index is 919. The van der Waals surface area contributed by atoms with Crippen molar-refractivity contribution in [2.45, 2.75) is 32.2 Å². The Morgan fingerprint density at radius 1 is 1.21 bits per heavy atom. The Morgan fingerprint density at radius 3 is 2.72 bits per heavy atom. The van der Waals surface area contributed by atoms with Crippen LogP contribution in [0, 0.1) is 5.82 Å². The van der Waals surface area contributed by atoms with Gasteiger partial charge < -0.3 is 14.5 Å². The van der Waals surface area contributed by atoms with E-state index in [9.17, 15) is 14.0 Å². The van der Waals surface area contributed by atoms with Crippen LogP contribution in [0.5, 0.6) is 5.75 Å². The second-order valence-electron chi connectivity index (χ2n) is 7.46. The van der Waals surface area contributed by atoms with Crippen LogP contribution in [-0.2, 0) is 22.6 Å². The topological polar surface area (TPSA) is 75.6 Å². The summed E-state index contributed by atoms with van der Waals surface area (Å²) in [5.74, 6) is 1.03. The predicted octanol–water partition coefficient (Wildman–Crippen LogP) is 1.92. The Morgan fingerprint density at radius 2 is 2.00 bits per heavy atom. The average molecular weight is 398 g/mol. The maximum absolute atomic E-state index is 12.9. The number of likely N-dealkylation sites (tertiary alicyclic amines) is 1. The lowest BCUT2D eigenvalue weighted by atomic mass is 10.0. The van der Waals surface area contributed by atoms with Gasteiger partial charge in [-0.05, 0) is 30.7 Å². The summed E-state index contributed by atoms with van der Waals surface area (Å²) in [4.78, 5) is 36.8. The number of hydrogen-bond donors (Lipinski definition) is 0. The third-order valence-electron chi connectivity index (χ3n) is 5.48. The normalized spacial score (nSPS) is 18.5. The van der Waals surface area contributed by atoms with Gasteiger partial charge in [0.1, 0.15) is 17.4 Å². The molecule has 29 heavy (non-hydrogen) atoms. The molecule has 0 radical (unpaired) electrons. The fourth-order valence-electron chi connectivity index (χ4n) is 3.77.